The molecule has 0 radical (unpaired) electrons. The lowest BCUT2D eigenvalue weighted by atomic mass is 10.2. The number of ether oxygens (including phenoxy) is 2. The molecule has 2 amide bonds. The van der Waals surface area contributed by atoms with Crippen LogP contribution >= 0.6 is 11.6 Å². The molecule has 0 unspecified atom stereocenters. The third kappa shape index (κ3) is 8.62. The number of anilines is 2. The molecule has 0 atom stereocenters. The molecule has 1 aromatic rings. The Morgan fingerprint density at radius 2 is 1.34 bits per heavy atom. The molecule has 0 bridgehead atoms. The SMILES string of the molecule is CCCC(=O)OCC(=O)Nc1cc(C#N)cc(NC(=O)COC(=O)CCC)c1Cl. The summed E-state index contributed by atoms with van der Waals surface area (Å²) in [4.78, 5) is 46.6. The Morgan fingerprint density at radius 3 is 1.69 bits per heavy atom. The van der Waals surface area contributed by atoms with E-state index in [1.165, 1.54) is 12.1 Å². The third-order valence-corrected chi connectivity index (χ3v) is 3.79. The highest BCUT2D eigenvalue weighted by molar-refractivity contribution is 6.37. The molecule has 0 spiro atoms. The molecule has 29 heavy (non-hydrogen) atoms. The van der Waals surface area contributed by atoms with Crippen LogP contribution in [-0.4, -0.2) is 37.0 Å². The Labute approximate surface area is 173 Å². The second-order valence-electron chi connectivity index (χ2n) is 5.91. The van der Waals surface area contributed by atoms with Crippen molar-refractivity contribution in [1.29, 1.82) is 5.26 Å². The van der Waals surface area contributed by atoms with Crippen LogP contribution in [0.1, 0.15) is 45.1 Å². The molecule has 1 aromatic carbocycles. The van der Waals surface area contributed by atoms with Crippen LogP contribution in [0.3, 0.4) is 0 Å². The zero-order valence-corrected chi connectivity index (χ0v) is 16.9. The summed E-state index contributed by atoms with van der Waals surface area (Å²) in [5.41, 5.74) is 0.229. The maximum atomic E-state index is 12.0. The van der Waals surface area contributed by atoms with Crippen molar-refractivity contribution < 1.29 is 28.7 Å². The molecule has 0 fully saturated rings. The van der Waals surface area contributed by atoms with E-state index in [2.05, 4.69) is 10.6 Å². The molecule has 1 rings (SSSR count). The first kappa shape index (κ1) is 23.9. The van der Waals surface area contributed by atoms with Crippen molar-refractivity contribution in [1.82, 2.24) is 0 Å². The summed E-state index contributed by atoms with van der Waals surface area (Å²) in [7, 11) is 0. The number of esters is 2. The Balaban J connectivity index is 2.82. The topological polar surface area (TPSA) is 135 Å². The van der Waals surface area contributed by atoms with Crippen molar-refractivity contribution in [2.24, 2.45) is 0 Å². The number of hydrogen-bond donors (Lipinski definition) is 2. The molecule has 0 aliphatic rings. The molecule has 0 saturated carbocycles. The third-order valence-electron chi connectivity index (χ3n) is 3.39. The minimum Gasteiger partial charge on any atom is -0.456 e. The van der Waals surface area contributed by atoms with Gasteiger partial charge in [0.05, 0.1) is 28.0 Å². The van der Waals surface area contributed by atoms with Crippen molar-refractivity contribution in [3.8, 4) is 6.07 Å². The van der Waals surface area contributed by atoms with Gasteiger partial charge in [0.1, 0.15) is 0 Å². The van der Waals surface area contributed by atoms with Crippen LogP contribution in [0.5, 0.6) is 0 Å². The molecule has 10 heteroatoms. The summed E-state index contributed by atoms with van der Waals surface area (Å²) in [5, 5.41) is 14.0. The minimum atomic E-state index is -0.655. The van der Waals surface area contributed by atoms with E-state index in [1.54, 1.807) is 13.8 Å². The smallest absolute Gasteiger partial charge is 0.306 e. The van der Waals surface area contributed by atoms with Gasteiger partial charge >= 0.3 is 11.9 Å². The van der Waals surface area contributed by atoms with Gasteiger partial charge in [-0.15, -0.1) is 0 Å². The lowest BCUT2D eigenvalue weighted by molar-refractivity contribution is -0.147. The fourth-order valence-corrected chi connectivity index (χ4v) is 2.29. The first-order valence-corrected chi connectivity index (χ1v) is 9.33. The number of nitrogens with one attached hydrogen (secondary N) is 2. The Bertz CT molecular complexity index is 762. The molecule has 0 heterocycles. The van der Waals surface area contributed by atoms with Crippen LogP contribution in [-0.2, 0) is 28.7 Å². The van der Waals surface area contributed by atoms with Gasteiger partial charge in [0.15, 0.2) is 13.2 Å². The van der Waals surface area contributed by atoms with Gasteiger partial charge in [-0.25, -0.2) is 0 Å². The lowest BCUT2D eigenvalue weighted by Crippen LogP contribution is -2.22. The van der Waals surface area contributed by atoms with Crippen molar-refractivity contribution in [2.75, 3.05) is 23.8 Å². The fraction of sp³-hybridized carbons (Fsp3) is 0.421. The van der Waals surface area contributed by atoms with Crippen LogP contribution in [0.2, 0.25) is 5.02 Å². The molecule has 0 aliphatic carbocycles. The van der Waals surface area contributed by atoms with E-state index < -0.39 is 37.0 Å². The number of nitrogens with zero attached hydrogens (tertiary/aromatic N) is 1. The monoisotopic (exact) mass is 423 g/mol. The maximum absolute atomic E-state index is 12.0. The first-order chi connectivity index (χ1) is 13.8. The Hall–Kier alpha value is -3.12. The highest BCUT2D eigenvalue weighted by atomic mass is 35.5. The minimum absolute atomic E-state index is 0.0366. The lowest BCUT2D eigenvalue weighted by Gasteiger charge is -2.13. The second-order valence-corrected chi connectivity index (χ2v) is 6.29. The zero-order valence-electron chi connectivity index (χ0n) is 16.2. The van der Waals surface area contributed by atoms with E-state index in [-0.39, 0.29) is 34.8 Å². The van der Waals surface area contributed by atoms with Gasteiger partial charge in [-0.05, 0) is 25.0 Å². The van der Waals surface area contributed by atoms with Crippen LogP contribution in [0.25, 0.3) is 0 Å². The summed E-state index contributed by atoms with van der Waals surface area (Å²) in [5.74, 6) is -2.33. The molecular formula is C19H22ClN3O6. The largest absolute Gasteiger partial charge is 0.456 e. The Morgan fingerprint density at radius 1 is 0.931 bits per heavy atom. The molecule has 0 aromatic heterocycles. The van der Waals surface area contributed by atoms with Crippen LogP contribution < -0.4 is 10.6 Å². The molecule has 156 valence electrons. The zero-order chi connectivity index (χ0) is 21.8. The molecular weight excluding hydrogens is 402 g/mol. The molecule has 2 N–H and O–H groups in total. The molecule has 0 saturated heterocycles. The highest BCUT2D eigenvalue weighted by Gasteiger charge is 2.16. The number of carbonyl (C=O) groups is 4. The normalized spacial score (nSPS) is 9.86. The van der Waals surface area contributed by atoms with E-state index >= 15 is 0 Å². The van der Waals surface area contributed by atoms with Gasteiger partial charge in [-0.2, -0.15) is 5.26 Å². The van der Waals surface area contributed by atoms with Gasteiger partial charge in [0.2, 0.25) is 0 Å². The van der Waals surface area contributed by atoms with Crippen LogP contribution in [0.4, 0.5) is 11.4 Å². The summed E-state index contributed by atoms with van der Waals surface area (Å²) in [6, 6.07) is 4.50. The van der Waals surface area contributed by atoms with E-state index in [0.717, 1.165) is 0 Å². The maximum Gasteiger partial charge on any atom is 0.306 e. The number of hydrogen-bond acceptors (Lipinski definition) is 7. The number of carbonyl (C=O) groups excluding carboxylic acids is 4. The average molecular weight is 424 g/mol. The first-order valence-electron chi connectivity index (χ1n) is 8.95. The van der Waals surface area contributed by atoms with Gasteiger partial charge < -0.3 is 20.1 Å². The van der Waals surface area contributed by atoms with Crippen LogP contribution in [0, 0.1) is 11.3 Å². The van der Waals surface area contributed by atoms with Crippen molar-refractivity contribution >= 4 is 46.7 Å². The highest BCUT2D eigenvalue weighted by Crippen LogP contribution is 2.32. The van der Waals surface area contributed by atoms with E-state index in [0.29, 0.717) is 12.8 Å². The summed E-state index contributed by atoms with van der Waals surface area (Å²) in [6.45, 7) is 2.58. The quantitative estimate of drug-likeness (QED) is 0.552. The predicted octanol–water partition coefficient (Wildman–Crippen LogP) is 2.78. The number of nitriles is 1. The number of rotatable bonds is 10. The van der Waals surface area contributed by atoms with E-state index in [4.69, 9.17) is 26.3 Å². The summed E-state index contributed by atoms with van der Waals surface area (Å²) in [6.07, 6.45) is 1.56. The molecule has 0 aliphatic heterocycles. The molecule has 9 nitrogen and oxygen atoms in total. The fourth-order valence-electron chi connectivity index (χ4n) is 2.09. The standard InChI is InChI=1S/C19H22ClN3O6/c1-3-5-17(26)28-10-15(24)22-13-7-12(9-21)8-14(19(13)20)23-16(25)11-29-18(27)6-4-2/h7-8H,3-6,10-11H2,1-2H3,(H,22,24)(H,23,25). The van der Waals surface area contributed by atoms with Gasteiger partial charge in [-0.3, -0.25) is 19.2 Å². The van der Waals surface area contributed by atoms with E-state index in [1.807, 2.05) is 6.07 Å². The van der Waals surface area contributed by atoms with Gasteiger partial charge in [0, 0.05) is 12.8 Å². The van der Waals surface area contributed by atoms with Crippen LogP contribution in [0.15, 0.2) is 12.1 Å². The van der Waals surface area contributed by atoms with Crippen molar-refractivity contribution in [2.45, 2.75) is 39.5 Å². The second kappa shape index (κ2) is 12.4. The number of amides is 2. The van der Waals surface area contributed by atoms with Crippen molar-refractivity contribution in [3.63, 3.8) is 0 Å². The average Bonchev–Trinajstić information content (AvgIpc) is 2.68. The predicted molar refractivity (Wildman–Crippen MR) is 105 cm³/mol. The summed E-state index contributed by atoms with van der Waals surface area (Å²) < 4.78 is 9.61. The Kier molecular flexibility index (Phi) is 10.2. The van der Waals surface area contributed by atoms with Gasteiger partial charge in [-0.1, -0.05) is 25.4 Å². The summed E-state index contributed by atoms with van der Waals surface area (Å²) >= 11 is 6.20. The number of halogens is 1. The van der Waals surface area contributed by atoms with Gasteiger partial charge in [0.25, 0.3) is 11.8 Å². The van der Waals surface area contributed by atoms with E-state index in [9.17, 15) is 19.2 Å². The van der Waals surface area contributed by atoms with Crippen molar-refractivity contribution in [3.05, 3.63) is 22.7 Å². The number of benzene rings is 1.